The monoisotopic (exact) mass is 286 g/mol. The van der Waals surface area contributed by atoms with Crippen LogP contribution in [0.15, 0.2) is 42.7 Å². The van der Waals surface area contributed by atoms with Crippen molar-refractivity contribution in [3.63, 3.8) is 0 Å². The second kappa shape index (κ2) is 7.11. The molecule has 20 heavy (non-hydrogen) atoms. The molecule has 1 heterocycles. The van der Waals surface area contributed by atoms with Crippen LogP contribution < -0.4 is 4.90 Å². The molecule has 0 unspecified atom stereocenters. The number of benzene rings is 1. The van der Waals surface area contributed by atoms with Crippen molar-refractivity contribution in [3.8, 4) is 0 Å². The van der Waals surface area contributed by atoms with Gasteiger partial charge in [-0.1, -0.05) is 35.9 Å². The van der Waals surface area contributed by atoms with Gasteiger partial charge in [0.15, 0.2) is 0 Å². The first-order valence-electron chi connectivity index (χ1n) is 6.87. The zero-order valence-electron chi connectivity index (χ0n) is 11.9. The molecule has 1 aromatic heterocycles. The number of anilines is 1. The third kappa shape index (κ3) is 3.61. The first-order chi connectivity index (χ1) is 9.74. The number of hydrogen-bond acceptors (Lipinski definition) is 2. The summed E-state index contributed by atoms with van der Waals surface area (Å²) in [5, 5.41) is 0.670. The highest BCUT2D eigenvalue weighted by Crippen LogP contribution is 2.19. The van der Waals surface area contributed by atoms with Crippen LogP contribution in [0.3, 0.4) is 0 Å². The van der Waals surface area contributed by atoms with Crippen LogP contribution in [-0.2, 0) is 0 Å². The molecular weight excluding hydrogens is 268 g/mol. The van der Waals surface area contributed by atoms with E-state index in [1.165, 1.54) is 5.69 Å². The number of pyridine rings is 1. The molecule has 0 saturated carbocycles. The van der Waals surface area contributed by atoms with Crippen LogP contribution in [0.1, 0.15) is 25.0 Å². The quantitative estimate of drug-likeness (QED) is 0.788. The van der Waals surface area contributed by atoms with E-state index >= 15 is 0 Å². The van der Waals surface area contributed by atoms with Gasteiger partial charge in [-0.05, 0) is 43.2 Å². The number of nitrogens with zero attached hydrogens (tertiary/aromatic N) is 2. The molecule has 3 heteroatoms. The molecule has 2 nitrogen and oxygen atoms in total. The van der Waals surface area contributed by atoms with E-state index in [4.69, 9.17) is 11.6 Å². The molecule has 0 aliphatic rings. The maximum atomic E-state index is 6.07. The molecule has 2 aromatic rings. The van der Waals surface area contributed by atoms with Gasteiger partial charge in [0, 0.05) is 31.2 Å². The summed E-state index contributed by atoms with van der Waals surface area (Å²) in [4.78, 5) is 6.30. The van der Waals surface area contributed by atoms with Gasteiger partial charge >= 0.3 is 0 Å². The zero-order chi connectivity index (χ0) is 14.4. The Hall–Kier alpha value is -1.80. The summed E-state index contributed by atoms with van der Waals surface area (Å²) >= 11 is 6.07. The van der Waals surface area contributed by atoms with Crippen LogP contribution in [0.4, 0.5) is 5.69 Å². The fraction of sp³-hybridized carbons (Fsp3) is 0.235. The third-order valence-electron chi connectivity index (χ3n) is 3.28. The highest BCUT2D eigenvalue weighted by atomic mass is 35.5. The SMILES string of the molecule is CCN(CC)c1ccc(/C=C/c2ccncc2Cl)cc1. The number of hydrogen-bond donors (Lipinski definition) is 0. The molecule has 0 spiro atoms. The molecule has 0 atom stereocenters. The number of rotatable bonds is 5. The molecule has 104 valence electrons. The second-order valence-electron chi connectivity index (χ2n) is 4.49. The summed E-state index contributed by atoms with van der Waals surface area (Å²) in [6.45, 7) is 6.39. The second-order valence-corrected chi connectivity index (χ2v) is 4.90. The zero-order valence-corrected chi connectivity index (χ0v) is 12.6. The lowest BCUT2D eigenvalue weighted by molar-refractivity contribution is 0.866. The molecule has 1 aromatic carbocycles. The van der Waals surface area contributed by atoms with E-state index in [0.717, 1.165) is 24.2 Å². The van der Waals surface area contributed by atoms with Gasteiger partial charge in [0.05, 0.1) is 5.02 Å². The van der Waals surface area contributed by atoms with E-state index in [2.05, 4.69) is 54.1 Å². The van der Waals surface area contributed by atoms with Crippen molar-refractivity contribution in [2.45, 2.75) is 13.8 Å². The summed E-state index contributed by atoms with van der Waals surface area (Å²) in [7, 11) is 0. The molecular formula is C17H19ClN2. The van der Waals surface area contributed by atoms with E-state index in [-0.39, 0.29) is 0 Å². The number of halogens is 1. The molecule has 0 bridgehead atoms. The Morgan fingerprint density at radius 1 is 1.05 bits per heavy atom. The Morgan fingerprint density at radius 2 is 1.75 bits per heavy atom. The lowest BCUT2D eigenvalue weighted by Gasteiger charge is -2.20. The molecule has 0 amide bonds. The minimum absolute atomic E-state index is 0.670. The Balaban J connectivity index is 2.13. The minimum Gasteiger partial charge on any atom is -0.372 e. The standard InChI is InChI=1S/C17H19ClN2/c1-3-20(4-2)16-9-6-14(7-10-16)5-8-15-11-12-19-13-17(15)18/h5-13H,3-4H2,1-2H3/b8-5+. The maximum Gasteiger partial charge on any atom is 0.0661 e. The highest BCUT2D eigenvalue weighted by molar-refractivity contribution is 6.32. The van der Waals surface area contributed by atoms with Crippen molar-refractivity contribution in [2.24, 2.45) is 0 Å². The predicted octanol–water partition coefficient (Wildman–Crippen LogP) is 4.75. The smallest absolute Gasteiger partial charge is 0.0661 e. The minimum atomic E-state index is 0.670. The largest absolute Gasteiger partial charge is 0.372 e. The van der Waals surface area contributed by atoms with Crippen LogP contribution in [0, 0.1) is 0 Å². The highest BCUT2D eigenvalue weighted by Gasteiger charge is 2.00. The molecule has 0 N–H and O–H groups in total. The van der Waals surface area contributed by atoms with Crippen molar-refractivity contribution in [3.05, 3.63) is 58.9 Å². The van der Waals surface area contributed by atoms with Crippen LogP contribution in [-0.4, -0.2) is 18.1 Å². The van der Waals surface area contributed by atoms with Crippen molar-refractivity contribution >= 4 is 29.4 Å². The van der Waals surface area contributed by atoms with Gasteiger partial charge in [-0.25, -0.2) is 0 Å². The van der Waals surface area contributed by atoms with Crippen LogP contribution >= 0.6 is 11.6 Å². The van der Waals surface area contributed by atoms with E-state index in [9.17, 15) is 0 Å². The van der Waals surface area contributed by atoms with Gasteiger partial charge in [-0.15, -0.1) is 0 Å². The fourth-order valence-electron chi connectivity index (χ4n) is 2.09. The molecule has 0 saturated heterocycles. The van der Waals surface area contributed by atoms with Gasteiger partial charge < -0.3 is 4.90 Å². The van der Waals surface area contributed by atoms with Crippen molar-refractivity contribution < 1.29 is 0 Å². The first kappa shape index (κ1) is 14.6. The van der Waals surface area contributed by atoms with Gasteiger partial charge in [0.25, 0.3) is 0 Å². The summed E-state index contributed by atoms with van der Waals surface area (Å²) in [6.07, 6.45) is 7.48. The van der Waals surface area contributed by atoms with Crippen LogP contribution in [0.2, 0.25) is 5.02 Å². The lowest BCUT2D eigenvalue weighted by Crippen LogP contribution is -2.21. The fourth-order valence-corrected chi connectivity index (χ4v) is 2.27. The third-order valence-corrected chi connectivity index (χ3v) is 3.60. The van der Waals surface area contributed by atoms with E-state index in [1.807, 2.05) is 12.1 Å². The van der Waals surface area contributed by atoms with Crippen LogP contribution in [0.25, 0.3) is 12.2 Å². The summed E-state index contributed by atoms with van der Waals surface area (Å²) in [5.41, 5.74) is 3.40. The van der Waals surface area contributed by atoms with Gasteiger partial charge in [-0.2, -0.15) is 0 Å². The van der Waals surface area contributed by atoms with Crippen molar-refractivity contribution in [1.82, 2.24) is 4.98 Å². The Kier molecular flexibility index (Phi) is 5.19. The van der Waals surface area contributed by atoms with Gasteiger partial charge in [0.1, 0.15) is 0 Å². The van der Waals surface area contributed by atoms with Gasteiger partial charge in [-0.3, -0.25) is 4.98 Å². The Bertz CT molecular complexity index is 572. The lowest BCUT2D eigenvalue weighted by atomic mass is 10.1. The predicted molar refractivity (Wildman–Crippen MR) is 88.2 cm³/mol. The van der Waals surface area contributed by atoms with Crippen molar-refractivity contribution in [1.29, 1.82) is 0 Å². The van der Waals surface area contributed by atoms with E-state index < -0.39 is 0 Å². The molecule has 0 aliphatic heterocycles. The van der Waals surface area contributed by atoms with E-state index in [0.29, 0.717) is 5.02 Å². The Morgan fingerprint density at radius 3 is 2.35 bits per heavy atom. The summed E-state index contributed by atoms with van der Waals surface area (Å²) < 4.78 is 0. The summed E-state index contributed by atoms with van der Waals surface area (Å²) in [6, 6.07) is 10.5. The normalized spacial score (nSPS) is 10.9. The van der Waals surface area contributed by atoms with Crippen LogP contribution in [0.5, 0.6) is 0 Å². The molecule has 0 radical (unpaired) electrons. The first-order valence-corrected chi connectivity index (χ1v) is 7.25. The average molecular weight is 287 g/mol. The molecule has 0 fully saturated rings. The van der Waals surface area contributed by atoms with E-state index in [1.54, 1.807) is 12.4 Å². The van der Waals surface area contributed by atoms with Gasteiger partial charge in [0.2, 0.25) is 0 Å². The molecule has 2 rings (SSSR count). The topological polar surface area (TPSA) is 16.1 Å². The summed E-state index contributed by atoms with van der Waals surface area (Å²) in [5.74, 6) is 0. The molecule has 0 aliphatic carbocycles. The average Bonchev–Trinajstić information content (AvgIpc) is 2.49. The Labute approximate surface area is 125 Å². The van der Waals surface area contributed by atoms with Crippen molar-refractivity contribution in [2.75, 3.05) is 18.0 Å². The maximum absolute atomic E-state index is 6.07. The number of aromatic nitrogens is 1.